The number of methoxy groups -OCH3 is 1. The van der Waals surface area contributed by atoms with Crippen LogP contribution < -0.4 is 0 Å². The van der Waals surface area contributed by atoms with Crippen molar-refractivity contribution in [1.29, 1.82) is 0 Å². The Labute approximate surface area is 93.4 Å². The molecule has 1 aromatic heterocycles. The van der Waals surface area contributed by atoms with Gasteiger partial charge in [-0.1, -0.05) is 0 Å². The molecule has 1 heterocycles. The number of esters is 1. The minimum Gasteiger partial charge on any atom is -0.465 e. The number of rotatable bonds is 1. The van der Waals surface area contributed by atoms with Crippen LogP contribution >= 0.6 is 0 Å². The highest BCUT2D eigenvalue weighted by molar-refractivity contribution is 5.96. The lowest BCUT2D eigenvalue weighted by molar-refractivity contribution is 0.0601. The number of hydrogen-bond acceptors (Lipinski definition) is 2. The number of benzene rings is 1. The summed E-state index contributed by atoms with van der Waals surface area (Å²) in [5.41, 5.74) is 4.46. The van der Waals surface area contributed by atoms with Crippen LogP contribution in [0.5, 0.6) is 0 Å². The smallest absolute Gasteiger partial charge is 0.337 e. The second-order valence-electron chi connectivity index (χ2n) is 4.19. The van der Waals surface area contributed by atoms with Gasteiger partial charge in [-0.2, -0.15) is 0 Å². The Morgan fingerprint density at radius 1 is 1.38 bits per heavy atom. The molecular weight excluding hydrogens is 202 g/mol. The summed E-state index contributed by atoms with van der Waals surface area (Å²) in [6.45, 7) is 0. The van der Waals surface area contributed by atoms with Crippen LogP contribution in [0.1, 0.15) is 28.0 Å². The maximum atomic E-state index is 11.4. The van der Waals surface area contributed by atoms with E-state index in [1.807, 2.05) is 12.1 Å². The summed E-state index contributed by atoms with van der Waals surface area (Å²) < 4.78 is 4.73. The molecule has 0 unspecified atom stereocenters. The third-order valence-corrected chi connectivity index (χ3v) is 3.27. The first kappa shape index (κ1) is 9.46. The molecule has 16 heavy (non-hydrogen) atoms. The maximum Gasteiger partial charge on any atom is 0.337 e. The highest BCUT2D eigenvalue weighted by Crippen LogP contribution is 2.30. The summed E-state index contributed by atoms with van der Waals surface area (Å²) in [4.78, 5) is 14.9. The third-order valence-electron chi connectivity index (χ3n) is 3.27. The fourth-order valence-electron chi connectivity index (χ4n) is 2.49. The summed E-state index contributed by atoms with van der Waals surface area (Å²) >= 11 is 0. The summed E-state index contributed by atoms with van der Waals surface area (Å²) in [6.07, 6.45) is 3.44. The van der Waals surface area contributed by atoms with Crippen LogP contribution in [0.4, 0.5) is 0 Å². The van der Waals surface area contributed by atoms with Crippen LogP contribution in [0, 0.1) is 0 Å². The van der Waals surface area contributed by atoms with Gasteiger partial charge in [-0.3, -0.25) is 0 Å². The standard InChI is InChI=1S/C13H13NO2/c1-16-13(15)8-5-6-12-10(7-8)9-3-2-4-11(9)14-12/h5-7,14H,2-4H2,1H3. The van der Waals surface area contributed by atoms with Gasteiger partial charge < -0.3 is 9.72 Å². The fourth-order valence-corrected chi connectivity index (χ4v) is 2.49. The number of aromatic amines is 1. The minimum absolute atomic E-state index is 0.269. The van der Waals surface area contributed by atoms with Crippen molar-refractivity contribution in [2.75, 3.05) is 7.11 Å². The van der Waals surface area contributed by atoms with E-state index in [2.05, 4.69) is 4.98 Å². The average molecular weight is 215 g/mol. The topological polar surface area (TPSA) is 42.1 Å². The minimum atomic E-state index is -0.269. The van der Waals surface area contributed by atoms with E-state index >= 15 is 0 Å². The molecule has 0 radical (unpaired) electrons. The van der Waals surface area contributed by atoms with Crippen molar-refractivity contribution < 1.29 is 9.53 Å². The number of nitrogens with one attached hydrogen (secondary N) is 1. The number of ether oxygens (including phenoxy) is 1. The average Bonchev–Trinajstić information content (AvgIpc) is 2.87. The zero-order chi connectivity index (χ0) is 11.1. The summed E-state index contributed by atoms with van der Waals surface area (Å²) in [5.74, 6) is -0.269. The van der Waals surface area contributed by atoms with Crippen molar-refractivity contribution in [3.8, 4) is 0 Å². The molecule has 0 aliphatic heterocycles. The lowest BCUT2D eigenvalue weighted by atomic mass is 10.1. The predicted octanol–water partition coefficient (Wildman–Crippen LogP) is 2.44. The van der Waals surface area contributed by atoms with Crippen LogP contribution in [-0.4, -0.2) is 18.1 Å². The van der Waals surface area contributed by atoms with E-state index in [0.717, 1.165) is 18.4 Å². The third kappa shape index (κ3) is 1.24. The zero-order valence-corrected chi connectivity index (χ0v) is 9.17. The largest absolute Gasteiger partial charge is 0.465 e. The highest BCUT2D eigenvalue weighted by Gasteiger charge is 2.17. The molecule has 1 aliphatic rings. The molecule has 0 fully saturated rings. The van der Waals surface area contributed by atoms with Crippen LogP contribution in [0.2, 0.25) is 0 Å². The van der Waals surface area contributed by atoms with E-state index in [-0.39, 0.29) is 5.97 Å². The summed E-state index contributed by atoms with van der Waals surface area (Å²) in [5, 5.41) is 1.18. The van der Waals surface area contributed by atoms with Gasteiger partial charge in [-0.05, 0) is 43.0 Å². The number of aryl methyl sites for hydroxylation is 2. The SMILES string of the molecule is COC(=O)c1ccc2[nH]c3c(c2c1)CCC3. The molecule has 3 nitrogen and oxygen atoms in total. The van der Waals surface area contributed by atoms with Gasteiger partial charge >= 0.3 is 5.97 Å². The quantitative estimate of drug-likeness (QED) is 0.742. The molecule has 2 aromatic rings. The van der Waals surface area contributed by atoms with Gasteiger partial charge in [-0.25, -0.2) is 4.79 Å². The van der Waals surface area contributed by atoms with Gasteiger partial charge in [0.15, 0.2) is 0 Å². The molecule has 0 saturated carbocycles. The Kier molecular flexibility index (Phi) is 1.99. The zero-order valence-electron chi connectivity index (χ0n) is 9.17. The van der Waals surface area contributed by atoms with E-state index in [4.69, 9.17) is 4.74 Å². The number of fused-ring (bicyclic) bond motifs is 3. The molecule has 0 saturated heterocycles. The van der Waals surface area contributed by atoms with Gasteiger partial charge in [0.1, 0.15) is 0 Å². The summed E-state index contributed by atoms with van der Waals surface area (Å²) in [7, 11) is 1.41. The molecule has 0 amide bonds. The highest BCUT2D eigenvalue weighted by atomic mass is 16.5. The van der Waals surface area contributed by atoms with Crippen molar-refractivity contribution in [1.82, 2.24) is 4.98 Å². The Morgan fingerprint density at radius 2 is 2.25 bits per heavy atom. The Hall–Kier alpha value is -1.77. The lowest BCUT2D eigenvalue weighted by Crippen LogP contribution is -2.00. The molecule has 0 spiro atoms. The number of carbonyl (C=O) groups excluding carboxylic acids is 1. The van der Waals surface area contributed by atoms with Crippen molar-refractivity contribution in [2.45, 2.75) is 19.3 Å². The number of aromatic nitrogens is 1. The molecule has 1 aromatic carbocycles. The normalized spacial score (nSPS) is 14.1. The van der Waals surface area contributed by atoms with Gasteiger partial charge in [0, 0.05) is 16.6 Å². The van der Waals surface area contributed by atoms with Crippen LogP contribution in [-0.2, 0) is 17.6 Å². The van der Waals surface area contributed by atoms with Crippen molar-refractivity contribution in [3.05, 3.63) is 35.0 Å². The van der Waals surface area contributed by atoms with Gasteiger partial charge in [0.2, 0.25) is 0 Å². The second kappa shape index (κ2) is 3.37. The van der Waals surface area contributed by atoms with E-state index in [1.165, 1.54) is 30.2 Å². The Morgan fingerprint density at radius 3 is 3.06 bits per heavy atom. The molecule has 3 rings (SSSR count). The van der Waals surface area contributed by atoms with E-state index in [1.54, 1.807) is 6.07 Å². The van der Waals surface area contributed by atoms with Crippen molar-refractivity contribution in [2.24, 2.45) is 0 Å². The monoisotopic (exact) mass is 215 g/mol. The second-order valence-corrected chi connectivity index (χ2v) is 4.19. The fraction of sp³-hybridized carbons (Fsp3) is 0.308. The van der Waals surface area contributed by atoms with Gasteiger partial charge in [-0.15, -0.1) is 0 Å². The first-order chi connectivity index (χ1) is 7.79. The molecule has 0 bridgehead atoms. The van der Waals surface area contributed by atoms with Crippen LogP contribution in [0.15, 0.2) is 18.2 Å². The van der Waals surface area contributed by atoms with Gasteiger partial charge in [0.05, 0.1) is 12.7 Å². The van der Waals surface area contributed by atoms with E-state index in [0.29, 0.717) is 5.56 Å². The molecule has 1 N–H and O–H groups in total. The van der Waals surface area contributed by atoms with Crippen LogP contribution in [0.3, 0.4) is 0 Å². The predicted molar refractivity (Wildman–Crippen MR) is 61.7 cm³/mol. The first-order valence-electron chi connectivity index (χ1n) is 5.51. The van der Waals surface area contributed by atoms with Crippen LogP contribution in [0.25, 0.3) is 10.9 Å². The van der Waals surface area contributed by atoms with Gasteiger partial charge in [0.25, 0.3) is 0 Å². The molecule has 1 aliphatic carbocycles. The van der Waals surface area contributed by atoms with Crippen molar-refractivity contribution >= 4 is 16.9 Å². The summed E-state index contributed by atoms with van der Waals surface area (Å²) in [6, 6.07) is 5.70. The first-order valence-corrected chi connectivity index (χ1v) is 5.51. The number of hydrogen-bond donors (Lipinski definition) is 1. The molecule has 82 valence electrons. The van der Waals surface area contributed by atoms with E-state index < -0.39 is 0 Å². The molecule has 0 atom stereocenters. The lowest BCUT2D eigenvalue weighted by Gasteiger charge is -2.00. The molecule has 3 heteroatoms. The number of H-pyrrole nitrogens is 1. The Bertz CT molecular complexity index is 569. The molecular formula is C13H13NO2. The Balaban J connectivity index is 2.20. The van der Waals surface area contributed by atoms with Crippen molar-refractivity contribution in [3.63, 3.8) is 0 Å². The van der Waals surface area contributed by atoms with E-state index in [9.17, 15) is 4.79 Å². The number of carbonyl (C=O) groups is 1. The maximum absolute atomic E-state index is 11.4.